The number of allylic oxidation sites excluding steroid dienone is 18. The van der Waals surface area contributed by atoms with Crippen LogP contribution in [-0.4, -0.2) is 37.2 Å². The molecule has 464 valence electrons. The van der Waals surface area contributed by atoms with Crippen molar-refractivity contribution in [2.45, 2.75) is 335 Å². The van der Waals surface area contributed by atoms with Crippen LogP contribution in [0.15, 0.2) is 109 Å². The van der Waals surface area contributed by atoms with Crippen LogP contribution < -0.4 is 0 Å². The minimum Gasteiger partial charge on any atom is -0.462 e. The Morgan fingerprint density at radius 3 is 0.753 bits per heavy atom. The van der Waals surface area contributed by atoms with Gasteiger partial charge in [0, 0.05) is 19.3 Å². The lowest BCUT2D eigenvalue weighted by Crippen LogP contribution is -2.30. The van der Waals surface area contributed by atoms with E-state index >= 15 is 0 Å². The molecule has 0 fully saturated rings. The van der Waals surface area contributed by atoms with Crippen LogP contribution in [0.5, 0.6) is 0 Å². The van der Waals surface area contributed by atoms with E-state index in [0.29, 0.717) is 19.3 Å². The number of hydrogen-bond donors (Lipinski definition) is 0. The summed E-state index contributed by atoms with van der Waals surface area (Å²) in [7, 11) is 0. The summed E-state index contributed by atoms with van der Waals surface area (Å²) in [6.07, 6.45) is 93.9. The molecule has 1 unspecified atom stereocenters. The second-order valence-electron chi connectivity index (χ2n) is 22.7. The predicted octanol–water partition coefficient (Wildman–Crippen LogP) is 23.8. The molecule has 0 heterocycles. The Hall–Kier alpha value is -3.93. The lowest BCUT2D eigenvalue weighted by molar-refractivity contribution is -0.167. The Labute approximate surface area is 501 Å². The van der Waals surface area contributed by atoms with Gasteiger partial charge in [-0.05, 0) is 103 Å². The average molecular weight is 1130 g/mol. The highest BCUT2D eigenvalue weighted by atomic mass is 16.6. The summed E-state index contributed by atoms with van der Waals surface area (Å²) >= 11 is 0. The Morgan fingerprint density at radius 2 is 0.481 bits per heavy atom. The molecule has 0 spiro atoms. The van der Waals surface area contributed by atoms with E-state index in [4.69, 9.17) is 14.2 Å². The standard InChI is InChI=1S/C75H128O6/c1-4-7-10-13-16-19-22-25-27-29-31-33-34-35-36-37-38-39-40-42-43-45-47-50-53-56-59-62-65-68-74(77)80-71-72(70-79-73(76)67-64-61-58-55-52-49-24-21-18-15-12-9-6-3)81-75(78)69-66-63-60-57-54-51-48-46-44-41-32-30-28-26-23-20-17-14-11-8-5-2/h7-8,10-11,16-17,19-20,25-28,31-33,41,46,48,72H,4-6,9,12-15,18,21-24,29-30,34-40,42-45,47,49-71H2,1-3H3/b10-7-,11-8-,19-16-,20-17-,27-25-,28-26-,33-31-,41-32-,48-46-. The first kappa shape index (κ1) is 77.1. The van der Waals surface area contributed by atoms with Crippen LogP contribution >= 0.6 is 0 Å². The van der Waals surface area contributed by atoms with Crippen LogP contribution in [0.1, 0.15) is 329 Å². The molecule has 0 aromatic heterocycles. The zero-order chi connectivity index (χ0) is 58.5. The lowest BCUT2D eigenvalue weighted by Gasteiger charge is -2.18. The van der Waals surface area contributed by atoms with Gasteiger partial charge in [-0.25, -0.2) is 0 Å². The molecule has 0 amide bonds. The molecule has 0 radical (unpaired) electrons. The van der Waals surface area contributed by atoms with Crippen molar-refractivity contribution in [1.29, 1.82) is 0 Å². The predicted molar refractivity (Wildman–Crippen MR) is 353 cm³/mol. The molecular weight excluding hydrogens is 997 g/mol. The third kappa shape index (κ3) is 66.8. The number of carbonyl (C=O) groups excluding carboxylic acids is 3. The summed E-state index contributed by atoms with van der Waals surface area (Å²) in [5.41, 5.74) is 0. The summed E-state index contributed by atoms with van der Waals surface area (Å²) in [4.78, 5) is 38.4. The van der Waals surface area contributed by atoms with Gasteiger partial charge in [0.1, 0.15) is 13.2 Å². The Bertz CT molecular complexity index is 1620. The SMILES string of the molecule is CC/C=C\C/C=C\C/C=C\C/C=C\C/C=C\CCCCCCCC(=O)OC(COC(=O)CCCCCCCCCCCCCCC)COC(=O)CCCCCCCCCCCCCCCCCC/C=C\C/C=C\C/C=C\C/C=C\CC. The van der Waals surface area contributed by atoms with Crippen molar-refractivity contribution in [2.75, 3.05) is 13.2 Å². The largest absolute Gasteiger partial charge is 0.462 e. The van der Waals surface area contributed by atoms with Crippen LogP contribution in [0.4, 0.5) is 0 Å². The monoisotopic (exact) mass is 1120 g/mol. The molecule has 0 saturated carbocycles. The van der Waals surface area contributed by atoms with Crippen molar-refractivity contribution in [2.24, 2.45) is 0 Å². The number of esters is 3. The summed E-state index contributed by atoms with van der Waals surface area (Å²) in [6.45, 7) is 6.43. The number of carbonyl (C=O) groups is 3. The molecule has 1 atom stereocenters. The number of hydrogen-bond acceptors (Lipinski definition) is 6. The Morgan fingerprint density at radius 1 is 0.259 bits per heavy atom. The molecule has 0 aliphatic heterocycles. The highest BCUT2D eigenvalue weighted by Crippen LogP contribution is 2.17. The maximum Gasteiger partial charge on any atom is 0.306 e. The van der Waals surface area contributed by atoms with Crippen LogP contribution in [0.25, 0.3) is 0 Å². The first-order valence-corrected chi connectivity index (χ1v) is 34.4. The van der Waals surface area contributed by atoms with Gasteiger partial charge in [0.25, 0.3) is 0 Å². The first-order valence-electron chi connectivity index (χ1n) is 34.4. The number of ether oxygens (including phenoxy) is 3. The molecule has 0 N–H and O–H groups in total. The minimum atomic E-state index is -0.789. The van der Waals surface area contributed by atoms with Crippen LogP contribution in [0, 0.1) is 0 Å². The third-order valence-electron chi connectivity index (χ3n) is 14.8. The van der Waals surface area contributed by atoms with Crippen LogP contribution in [-0.2, 0) is 28.6 Å². The second kappa shape index (κ2) is 68.6. The molecule has 81 heavy (non-hydrogen) atoms. The van der Waals surface area contributed by atoms with Crippen molar-refractivity contribution in [3.8, 4) is 0 Å². The summed E-state index contributed by atoms with van der Waals surface area (Å²) < 4.78 is 17.0. The smallest absolute Gasteiger partial charge is 0.306 e. The minimum absolute atomic E-state index is 0.0826. The van der Waals surface area contributed by atoms with Crippen LogP contribution in [0.3, 0.4) is 0 Å². The maximum atomic E-state index is 12.9. The second-order valence-corrected chi connectivity index (χ2v) is 22.7. The summed E-state index contributed by atoms with van der Waals surface area (Å²) in [5, 5.41) is 0. The Balaban J connectivity index is 4.28. The third-order valence-corrected chi connectivity index (χ3v) is 14.8. The zero-order valence-electron chi connectivity index (χ0n) is 53.3. The fraction of sp³-hybridized carbons (Fsp3) is 0.720. The van der Waals surface area contributed by atoms with E-state index < -0.39 is 6.10 Å². The highest BCUT2D eigenvalue weighted by Gasteiger charge is 2.19. The van der Waals surface area contributed by atoms with Gasteiger partial charge in [-0.3, -0.25) is 14.4 Å². The molecule has 0 saturated heterocycles. The van der Waals surface area contributed by atoms with Gasteiger partial charge in [0.05, 0.1) is 0 Å². The molecule has 6 heteroatoms. The van der Waals surface area contributed by atoms with Gasteiger partial charge in [0.15, 0.2) is 6.10 Å². The molecule has 0 aromatic rings. The maximum absolute atomic E-state index is 12.9. The van der Waals surface area contributed by atoms with Crippen molar-refractivity contribution >= 4 is 17.9 Å². The molecule has 0 bridgehead atoms. The molecule has 0 aliphatic carbocycles. The molecule has 0 rings (SSSR count). The number of rotatable bonds is 62. The van der Waals surface area contributed by atoms with Gasteiger partial charge < -0.3 is 14.2 Å². The van der Waals surface area contributed by atoms with Gasteiger partial charge in [0.2, 0.25) is 0 Å². The number of unbranched alkanes of at least 4 members (excludes halogenated alkanes) is 33. The normalized spacial score (nSPS) is 12.8. The van der Waals surface area contributed by atoms with Gasteiger partial charge in [-0.15, -0.1) is 0 Å². The molecule has 0 aliphatic rings. The summed E-state index contributed by atoms with van der Waals surface area (Å²) in [5.74, 6) is -0.888. The van der Waals surface area contributed by atoms with E-state index in [-0.39, 0.29) is 31.1 Å². The zero-order valence-corrected chi connectivity index (χ0v) is 53.3. The molecular formula is C75H128O6. The van der Waals surface area contributed by atoms with E-state index in [2.05, 4.69) is 130 Å². The van der Waals surface area contributed by atoms with E-state index in [1.165, 1.54) is 154 Å². The Kier molecular flexibility index (Phi) is 65.2. The van der Waals surface area contributed by atoms with Crippen molar-refractivity contribution in [3.63, 3.8) is 0 Å². The van der Waals surface area contributed by atoms with Crippen molar-refractivity contribution < 1.29 is 28.6 Å². The fourth-order valence-corrected chi connectivity index (χ4v) is 9.70. The van der Waals surface area contributed by atoms with Crippen molar-refractivity contribution in [1.82, 2.24) is 0 Å². The van der Waals surface area contributed by atoms with E-state index in [0.717, 1.165) is 135 Å². The topological polar surface area (TPSA) is 78.9 Å². The van der Waals surface area contributed by atoms with Crippen LogP contribution in [0.2, 0.25) is 0 Å². The summed E-state index contributed by atoms with van der Waals surface area (Å²) in [6, 6.07) is 0. The van der Waals surface area contributed by atoms with E-state index in [1.807, 2.05) is 0 Å². The molecule has 6 nitrogen and oxygen atoms in total. The lowest BCUT2D eigenvalue weighted by atomic mass is 10.0. The average Bonchev–Trinajstić information content (AvgIpc) is 3.46. The first-order chi connectivity index (χ1) is 40.0. The quantitative estimate of drug-likeness (QED) is 0.0261. The van der Waals surface area contributed by atoms with Crippen molar-refractivity contribution in [3.05, 3.63) is 109 Å². The van der Waals surface area contributed by atoms with Gasteiger partial charge in [-0.1, -0.05) is 316 Å². The fourth-order valence-electron chi connectivity index (χ4n) is 9.70. The van der Waals surface area contributed by atoms with E-state index in [9.17, 15) is 14.4 Å². The molecule has 0 aromatic carbocycles. The van der Waals surface area contributed by atoms with Gasteiger partial charge in [-0.2, -0.15) is 0 Å². The van der Waals surface area contributed by atoms with Gasteiger partial charge >= 0.3 is 17.9 Å². The van der Waals surface area contributed by atoms with E-state index in [1.54, 1.807) is 0 Å². The highest BCUT2D eigenvalue weighted by molar-refractivity contribution is 5.71.